The molecule has 0 fully saturated rings. The molecule has 0 radical (unpaired) electrons. The third-order valence-electron chi connectivity index (χ3n) is 3.23. The molecule has 11 heteroatoms. The highest BCUT2D eigenvalue weighted by atomic mass is 32.2. The molecule has 0 aliphatic carbocycles. The average molecular weight is 387 g/mol. The summed E-state index contributed by atoms with van der Waals surface area (Å²) >= 11 is 0.868. The number of hydrogen-bond donors (Lipinski definition) is 1. The number of rotatable bonds is 5. The lowest BCUT2D eigenvalue weighted by Crippen LogP contribution is -2.31. The molecule has 0 aliphatic rings. The van der Waals surface area contributed by atoms with Crippen molar-refractivity contribution < 1.29 is 27.6 Å². The molecule has 0 unspecified atom stereocenters. The number of amides is 1. The standard InChI is InChI=1S/C15H12F3N3O4S/c1-9(26-13-4-2-3-7-20(13)23)14(22)19-12-6-5-10(21(24)25)8-11(12)15(16,17)18/h2-9H,1H3,(H,19,22)/t9-/m0/s1. The van der Waals surface area contributed by atoms with Crippen molar-refractivity contribution in [3.05, 3.63) is 63.5 Å². The van der Waals surface area contributed by atoms with E-state index < -0.39 is 39.2 Å². The monoisotopic (exact) mass is 387 g/mol. The fourth-order valence-electron chi connectivity index (χ4n) is 1.96. The van der Waals surface area contributed by atoms with Crippen LogP contribution in [0.4, 0.5) is 24.5 Å². The highest BCUT2D eigenvalue weighted by molar-refractivity contribution is 8.00. The number of carbonyl (C=O) groups is 1. The molecule has 1 amide bonds. The molecule has 2 rings (SSSR count). The molecule has 1 atom stereocenters. The molecule has 138 valence electrons. The number of nitro groups is 1. The van der Waals surface area contributed by atoms with Gasteiger partial charge in [0, 0.05) is 24.3 Å². The predicted octanol–water partition coefficient (Wildman–Crippen LogP) is 3.37. The number of alkyl halides is 3. The maximum atomic E-state index is 13.1. The summed E-state index contributed by atoms with van der Waals surface area (Å²) < 4.78 is 39.9. The number of halogens is 3. The van der Waals surface area contributed by atoms with Gasteiger partial charge in [0.2, 0.25) is 5.91 Å². The number of anilines is 1. The van der Waals surface area contributed by atoms with Gasteiger partial charge in [0.1, 0.15) is 0 Å². The highest BCUT2D eigenvalue weighted by Gasteiger charge is 2.36. The van der Waals surface area contributed by atoms with E-state index in [4.69, 9.17) is 0 Å². The molecule has 0 saturated carbocycles. The number of pyridine rings is 1. The molecule has 1 heterocycles. The minimum atomic E-state index is -4.89. The summed E-state index contributed by atoms with van der Waals surface area (Å²) in [6.07, 6.45) is -3.66. The Morgan fingerprint density at radius 3 is 2.58 bits per heavy atom. The highest BCUT2D eigenvalue weighted by Crippen LogP contribution is 2.37. The van der Waals surface area contributed by atoms with Crippen LogP contribution < -0.4 is 10.0 Å². The van der Waals surface area contributed by atoms with Gasteiger partial charge in [-0.05, 0) is 30.8 Å². The molecule has 1 N–H and O–H groups in total. The quantitative estimate of drug-likeness (QED) is 0.279. The van der Waals surface area contributed by atoms with Crippen molar-refractivity contribution in [2.24, 2.45) is 0 Å². The molecule has 0 saturated heterocycles. The van der Waals surface area contributed by atoms with Gasteiger partial charge in [0.15, 0.2) is 6.20 Å². The van der Waals surface area contributed by atoms with Crippen molar-refractivity contribution >= 4 is 29.0 Å². The van der Waals surface area contributed by atoms with Gasteiger partial charge in [-0.15, -0.1) is 0 Å². The molecule has 1 aromatic carbocycles. The Morgan fingerprint density at radius 2 is 2.00 bits per heavy atom. The maximum absolute atomic E-state index is 13.1. The average Bonchev–Trinajstić information content (AvgIpc) is 2.56. The lowest BCUT2D eigenvalue weighted by Gasteiger charge is -2.16. The third-order valence-corrected chi connectivity index (χ3v) is 4.36. The van der Waals surface area contributed by atoms with Gasteiger partial charge in [-0.1, -0.05) is 0 Å². The zero-order valence-electron chi connectivity index (χ0n) is 13.2. The molecular formula is C15H12F3N3O4S. The van der Waals surface area contributed by atoms with Crippen LogP contribution in [-0.2, 0) is 11.0 Å². The predicted molar refractivity (Wildman–Crippen MR) is 87.4 cm³/mol. The van der Waals surface area contributed by atoms with Crippen LogP contribution in [0.5, 0.6) is 0 Å². The number of nitrogens with one attached hydrogen (secondary N) is 1. The van der Waals surface area contributed by atoms with Gasteiger partial charge in [0.05, 0.1) is 21.4 Å². The van der Waals surface area contributed by atoms with E-state index >= 15 is 0 Å². The van der Waals surface area contributed by atoms with Crippen molar-refractivity contribution in [2.75, 3.05) is 5.32 Å². The van der Waals surface area contributed by atoms with E-state index in [0.29, 0.717) is 10.8 Å². The summed E-state index contributed by atoms with van der Waals surface area (Å²) in [6, 6.07) is 6.59. The molecule has 26 heavy (non-hydrogen) atoms. The Balaban J connectivity index is 2.22. The second-order valence-electron chi connectivity index (χ2n) is 5.10. The molecule has 1 aromatic heterocycles. The van der Waals surface area contributed by atoms with Crippen molar-refractivity contribution in [3.8, 4) is 0 Å². The van der Waals surface area contributed by atoms with Crippen molar-refractivity contribution in [3.63, 3.8) is 0 Å². The van der Waals surface area contributed by atoms with Gasteiger partial charge in [-0.3, -0.25) is 14.9 Å². The second-order valence-corrected chi connectivity index (χ2v) is 6.46. The van der Waals surface area contributed by atoms with E-state index in [2.05, 4.69) is 5.32 Å². The fourth-order valence-corrected chi connectivity index (χ4v) is 2.81. The zero-order chi connectivity index (χ0) is 19.5. The van der Waals surface area contributed by atoms with Crippen LogP contribution in [0.1, 0.15) is 12.5 Å². The first-order valence-corrected chi connectivity index (χ1v) is 7.99. The summed E-state index contributed by atoms with van der Waals surface area (Å²) in [4.78, 5) is 21.9. The molecule has 0 aliphatic heterocycles. The minimum Gasteiger partial charge on any atom is -0.618 e. The van der Waals surface area contributed by atoms with E-state index in [1.54, 1.807) is 6.07 Å². The first kappa shape index (κ1) is 19.5. The van der Waals surface area contributed by atoms with E-state index in [9.17, 15) is 33.3 Å². The SMILES string of the molecule is C[C@H](Sc1cccc[n+]1[O-])C(=O)Nc1ccc([N+](=O)[O-])cc1C(F)(F)F. The van der Waals surface area contributed by atoms with E-state index in [0.717, 1.165) is 23.9 Å². The van der Waals surface area contributed by atoms with Crippen molar-refractivity contribution in [1.82, 2.24) is 0 Å². The normalized spacial score (nSPS) is 12.5. The maximum Gasteiger partial charge on any atom is 0.418 e. The van der Waals surface area contributed by atoms with Gasteiger partial charge < -0.3 is 10.5 Å². The van der Waals surface area contributed by atoms with E-state index in [-0.39, 0.29) is 5.03 Å². The lowest BCUT2D eigenvalue weighted by atomic mass is 10.1. The lowest BCUT2D eigenvalue weighted by molar-refractivity contribution is -0.645. The van der Waals surface area contributed by atoms with E-state index in [1.807, 2.05) is 0 Å². The Morgan fingerprint density at radius 1 is 1.31 bits per heavy atom. The number of aromatic nitrogens is 1. The summed E-state index contributed by atoms with van der Waals surface area (Å²) in [5, 5.41) is 23.7. The number of nitro benzene ring substituents is 1. The molecule has 7 nitrogen and oxygen atoms in total. The van der Waals surface area contributed by atoms with Crippen LogP contribution in [-0.4, -0.2) is 16.1 Å². The molecule has 0 bridgehead atoms. The van der Waals surface area contributed by atoms with Gasteiger partial charge in [-0.25, -0.2) is 0 Å². The Bertz CT molecular complexity index is 845. The zero-order valence-corrected chi connectivity index (χ0v) is 14.0. The molecule has 2 aromatic rings. The number of carbonyl (C=O) groups excluding carboxylic acids is 1. The van der Waals surface area contributed by atoms with Crippen molar-refractivity contribution in [2.45, 2.75) is 23.4 Å². The second kappa shape index (κ2) is 7.60. The van der Waals surface area contributed by atoms with Crippen molar-refractivity contribution in [1.29, 1.82) is 0 Å². The van der Waals surface area contributed by atoms with Gasteiger partial charge in [0.25, 0.3) is 10.7 Å². The number of nitrogens with zero attached hydrogens (tertiary/aromatic N) is 2. The Hall–Kier alpha value is -2.82. The number of thioether (sulfide) groups is 1. The fraction of sp³-hybridized carbons (Fsp3) is 0.200. The summed E-state index contributed by atoms with van der Waals surface area (Å²) in [7, 11) is 0. The Labute approximate surface area is 149 Å². The molecule has 0 spiro atoms. The van der Waals surface area contributed by atoms with E-state index in [1.165, 1.54) is 25.3 Å². The first-order chi connectivity index (χ1) is 12.1. The van der Waals surface area contributed by atoms with Crippen LogP contribution in [0.15, 0.2) is 47.6 Å². The number of benzene rings is 1. The number of hydrogen-bond acceptors (Lipinski definition) is 5. The third kappa shape index (κ3) is 4.63. The first-order valence-electron chi connectivity index (χ1n) is 7.11. The van der Waals surface area contributed by atoms with Crippen LogP contribution in [0, 0.1) is 15.3 Å². The van der Waals surface area contributed by atoms with Crippen LogP contribution in [0.3, 0.4) is 0 Å². The molecular weight excluding hydrogens is 375 g/mol. The van der Waals surface area contributed by atoms with Gasteiger partial charge in [-0.2, -0.15) is 17.9 Å². The summed E-state index contributed by atoms with van der Waals surface area (Å²) in [5.74, 6) is -0.779. The summed E-state index contributed by atoms with van der Waals surface area (Å²) in [5.41, 5.74) is -2.66. The Kier molecular flexibility index (Phi) is 5.70. The largest absolute Gasteiger partial charge is 0.618 e. The van der Waals surface area contributed by atoms with Gasteiger partial charge >= 0.3 is 6.18 Å². The van der Waals surface area contributed by atoms with Crippen LogP contribution in [0.2, 0.25) is 0 Å². The smallest absolute Gasteiger partial charge is 0.418 e. The summed E-state index contributed by atoms with van der Waals surface area (Å²) in [6.45, 7) is 1.42. The van der Waals surface area contributed by atoms with Crippen LogP contribution >= 0.6 is 11.8 Å². The minimum absolute atomic E-state index is 0.204. The topological polar surface area (TPSA) is 99.2 Å². The van der Waals surface area contributed by atoms with Crippen LogP contribution in [0.25, 0.3) is 0 Å². The number of non-ortho nitro benzene ring substituents is 1.